The third-order valence-electron chi connectivity index (χ3n) is 5.41. The molecule has 0 radical (unpaired) electrons. The molecule has 1 aliphatic rings. The van der Waals surface area contributed by atoms with Gasteiger partial charge < -0.3 is 15.5 Å². The fourth-order valence-electron chi connectivity index (χ4n) is 3.62. The number of nitrogens with one attached hydrogen (secondary N) is 2. The van der Waals surface area contributed by atoms with Gasteiger partial charge in [-0.1, -0.05) is 11.6 Å². The number of pyridine rings is 1. The Morgan fingerprint density at radius 2 is 1.73 bits per heavy atom. The van der Waals surface area contributed by atoms with Gasteiger partial charge in [0.1, 0.15) is 6.04 Å². The highest BCUT2D eigenvalue weighted by Gasteiger charge is 2.43. The molecule has 2 aromatic carbocycles. The van der Waals surface area contributed by atoms with Crippen molar-refractivity contribution in [1.82, 2.24) is 9.88 Å². The van der Waals surface area contributed by atoms with Crippen molar-refractivity contribution in [3.05, 3.63) is 77.6 Å². The number of imide groups is 1. The zero-order chi connectivity index (χ0) is 26.7. The molecule has 8 nitrogen and oxygen atoms in total. The van der Waals surface area contributed by atoms with Crippen molar-refractivity contribution in [3.8, 4) is 0 Å². The van der Waals surface area contributed by atoms with Gasteiger partial charge in [0, 0.05) is 21.8 Å². The van der Waals surface area contributed by atoms with Crippen LogP contribution in [0.15, 0.2) is 71.9 Å². The molecule has 0 saturated carbocycles. The Bertz CT molecular complexity index is 1320. The second kappa shape index (κ2) is 10.7. The molecule has 13 heteroatoms. The van der Waals surface area contributed by atoms with Crippen molar-refractivity contribution in [3.63, 3.8) is 0 Å². The predicted octanol–water partition coefficient (Wildman–Crippen LogP) is 6.35. The maximum absolute atomic E-state index is 13.2. The van der Waals surface area contributed by atoms with E-state index in [0.717, 1.165) is 4.90 Å². The second-order valence-corrected chi connectivity index (χ2v) is 9.50. The minimum absolute atomic E-state index is 0.0245. The van der Waals surface area contributed by atoms with Gasteiger partial charge in [0.2, 0.25) is 0 Å². The third kappa shape index (κ3) is 6.33. The zero-order valence-corrected chi connectivity index (χ0v) is 20.7. The summed E-state index contributed by atoms with van der Waals surface area (Å²) in [5.74, 6) is -0.523. The van der Waals surface area contributed by atoms with Crippen LogP contribution < -0.4 is 15.5 Å². The first kappa shape index (κ1) is 26.3. The highest BCUT2D eigenvalue weighted by atomic mass is 35.5. The van der Waals surface area contributed by atoms with Gasteiger partial charge in [-0.25, -0.2) is 14.5 Å². The summed E-state index contributed by atoms with van der Waals surface area (Å²) < 4.78 is 37.8. The molecule has 192 valence electrons. The van der Waals surface area contributed by atoms with Crippen molar-refractivity contribution >= 4 is 58.4 Å². The number of carbonyl (C=O) groups excluding carboxylic acids is 3. The molecule has 2 heterocycles. The minimum atomic E-state index is -4.45. The van der Waals surface area contributed by atoms with Crippen LogP contribution in [0, 0.1) is 0 Å². The lowest BCUT2D eigenvalue weighted by molar-refractivity contribution is -0.119. The van der Waals surface area contributed by atoms with Crippen LogP contribution in [0.5, 0.6) is 0 Å². The average Bonchev–Trinajstić information content (AvgIpc) is 3.04. The van der Waals surface area contributed by atoms with Crippen LogP contribution in [-0.4, -0.2) is 39.4 Å². The molecule has 2 N–H and O–H groups in total. The molecule has 1 aromatic heterocycles. The number of rotatable bonds is 6. The number of aromatic nitrogens is 1. The molecule has 1 saturated heterocycles. The fraction of sp³-hybridized carbons (Fsp3) is 0.167. The maximum Gasteiger partial charge on any atom is 0.446 e. The Kier molecular flexibility index (Phi) is 7.60. The molecular formula is C24H19ClF3N5O3S. The van der Waals surface area contributed by atoms with Crippen molar-refractivity contribution < 1.29 is 27.6 Å². The summed E-state index contributed by atoms with van der Waals surface area (Å²) in [6, 6.07) is 11.1. The standard InChI is InChI=1S/C24H19ClF3N5O3S/c1-14-21(34)33(18-6-8-19(9-7-18)37-24(26,27)28)23(36)32(14)13-15-10-11-29-12-20(15)31-22(35)30-17-4-2-16(25)3-5-17/h2-12,14H,13H2,1H3,(H2,30,31,35). The molecule has 1 unspecified atom stereocenters. The van der Waals surface area contributed by atoms with Crippen LogP contribution in [0.3, 0.4) is 0 Å². The molecule has 0 aliphatic carbocycles. The number of halogens is 4. The van der Waals surface area contributed by atoms with Gasteiger partial charge in [-0.15, -0.1) is 0 Å². The summed E-state index contributed by atoms with van der Waals surface area (Å²) in [4.78, 5) is 44.7. The Labute approximate surface area is 218 Å². The summed E-state index contributed by atoms with van der Waals surface area (Å²) in [6.45, 7) is 1.53. The van der Waals surface area contributed by atoms with Crippen LogP contribution >= 0.6 is 23.4 Å². The number of carbonyl (C=O) groups is 3. The van der Waals surface area contributed by atoms with E-state index in [1.54, 1.807) is 37.3 Å². The predicted molar refractivity (Wildman–Crippen MR) is 135 cm³/mol. The Hall–Kier alpha value is -3.77. The van der Waals surface area contributed by atoms with Crippen molar-refractivity contribution in [2.45, 2.75) is 29.9 Å². The monoisotopic (exact) mass is 549 g/mol. The highest BCUT2D eigenvalue weighted by molar-refractivity contribution is 8.00. The summed E-state index contributed by atoms with van der Waals surface area (Å²) >= 11 is 5.57. The van der Waals surface area contributed by atoms with E-state index in [9.17, 15) is 27.6 Å². The van der Waals surface area contributed by atoms with Crippen molar-refractivity contribution in [2.75, 3.05) is 15.5 Å². The lowest BCUT2D eigenvalue weighted by Crippen LogP contribution is -2.34. The number of benzene rings is 2. The number of hydrogen-bond acceptors (Lipinski definition) is 5. The van der Waals surface area contributed by atoms with Gasteiger partial charge >= 0.3 is 17.6 Å². The van der Waals surface area contributed by atoms with Crippen LogP contribution in [0.1, 0.15) is 12.5 Å². The van der Waals surface area contributed by atoms with Crippen LogP contribution in [0.2, 0.25) is 5.02 Å². The van der Waals surface area contributed by atoms with Gasteiger partial charge in [-0.2, -0.15) is 13.2 Å². The molecule has 3 aromatic rings. The van der Waals surface area contributed by atoms with Crippen molar-refractivity contribution in [1.29, 1.82) is 0 Å². The van der Waals surface area contributed by atoms with Gasteiger partial charge in [-0.05, 0) is 78.8 Å². The first-order chi connectivity index (χ1) is 17.5. The van der Waals surface area contributed by atoms with E-state index in [1.807, 2.05) is 0 Å². The molecule has 0 spiro atoms. The smallest absolute Gasteiger partial charge is 0.308 e. The third-order valence-corrected chi connectivity index (χ3v) is 6.40. The van der Waals surface area contributed by atoms with E-state index >= 15 is 0 Å². The summed E-state index contributed by atoms with van der Waals surface area (Å²) in [6.07, 6.45) is 2.90. The molecule has 1 aliphatic heterocycles. The Balaban J connectivity index is 1.48. The number of urea groups is 2. The van der Waals surface area contributed by atoms with E-state index < -0.39 is 29.5 Å². The first-order valence-corrected chi connectivity index (χ1v) is 12.0. The van der Waals surface area contributed by atoms with Crippen LogP contribution in [-0.2, 0) is 11.3 Å². The van der Waals surface area contributed by atoms with Crippen LogP contribution in [0.25, 0.3) is 0 Å². The maximum atomic E-state index is 13.2. The highest BCUT2D eigenvalue weighted by Crippen LogP contribution is 2.38. The Morgan fingerprint density at radius 1 is 1.05 bits per heavy atom. The largest absolute Gasteiger partial charge is 0.446 e. The Morgan fingerprint density at radius 3 is 2.38 bits per heavy atom. The van der Waals surface area contributed by atoms with E-state index in [0.29, 0.717) is 22.0 Å². The van der Waals surface area contributed by atoms with E-state index in [4.69, 9.17) is 11.6 Å². The van der Waals surface area contributed by atoms with Gasteiger partial charge in [0.15, 0.2) is 0 Å². The van der Waals surface area contributed by atoms with Crippen LogP contribution in [0.4, 0.5) is 39.8 Å². The number of anilines is 3. The number of nitrogens with zero attached hydrogens (tertiary/aromatic N) is 3. The molecule has 1 atom stereocenters. The lowest BCUT2D eigenvalue weighted by Gasteiger charge is -2.21. The average molecular weight is 550 g/mol. The number of alkyl halides is 3. The molecular weight excluding hydrogens is 531 g/mol. The second-order valence-electron chi connectivity index (χ2n) is 7.92. The molecule has 37 heavy (non-hydrogen) atoms. The van der Waals surface area contributed by atoms with E-state index in [2.05, 4.69) is 15.6 Å². The van der Waals surface area contributed by atoms with E-state index in [-0.39, 0.29) is 28.9 Å². The van der Waals surface area contributed by atoms with E-state index in [1.165, 1.54) is 41.6 Å². The number of thioether (sulfide) groups is 1. The van der Waals surface area contributed by atoms with Gasteiger partial charge in [0.25, 0.3) is 5.91 Å². The van der Waals surface area contributed by atoms with Gasteiger partial charge in [0.05, 0.1) is 24.1 Å². The minimum Gasteiger partial charge on any atom is -0.308 e. The summed E-state index contributed by atoms with van der Waals surface area (Å²) in [5, 5.41) is 5.86. The molecule has 1 fully saturated rings. The summed E-state index contributed by atoms with van der Waals surface area (Å²) in [5.41, 5.74) is -2.93. The molecule has 0 bridgehead atoms. The van der Waals surface area contributed by atoms with Crippen molar-refractivity contribution in [2.24, 2.45) is 0 Å². The summed E-state index contributed by atoms with van der Waals surface area (Å²) in [7, 11) is 0. The number of hydrogen-bond donors (Lipinski definition) is 2. The zero-order valence-electron chi connectivity index (χ0n) is 19.1. The normalized spacial score (nSPS) is 15.8. The first-order valence-electron chi connectivity index (χ1n) is 10.8. The number of amides is 5. The SMILES string of the molecule is CC1C(=O)N(c2ccc(SC(F)(F)F)cc2)C(=O)N1Cc1ccncc1NC(=O)Nc1ccc(Cl)cc1. The lowest BCUT2D eigenvalue weighted by atomic mass is 10.2. The quantitative estimate of drug-likeness (QED) is 0.276. The topological polar surface area (TPSA) is 94.6 Å². The molecule has 5 amide bonds. The van der Waals surface area contributed by atoms with Gasteiger partial charge in [-0.3, -0.25) is 9.78 Å². The fourth-order valence-corrected chi connectivity index (χ4v) is 4.29. The molecule has 4 rings (SSSR count).